The van der Waals surface area contributed by atoms with E-state index in [9.17, 15) is 9.59 Å². The second-order valence-electron chi connectivity index (χ2n) is 6.62. The number of rotatable bonds is 7. The van der Waals surface area contributed by atoms with Crippen molar-refractivity contribution in [2.45, 2.75) is 13.0 Å². The van der Waals surface area contributed by atoms with Crippen LogP contribution >= 0.6 is 23.2 Å². The number of nitrogens with one attached hydrogen (secondary N) is 2. The number of hydrogen-bond acceptors (Lipinski definition) is 3. The molecule has 3 aromatic carbocycles. The van der Waals surface area contributed by atoms with Crippen LogP contribution in [0.4, 0.5) is 5.69 Å². The van der Waals surface area contributed by atoms with E-state index in [2.05, 4.69) is 10.6 Å². The summed E-state index contributed by atoms with van der Waals surface area (Å²) in [5.74, 6) is -0.974. The molecule has 0 aliphatic carbocycles. The highest BCUT2D eigenvalue weighted by Crippen LogP contribution is 2.21. The fraction of sp³-hybridized carbons (Fsp3) is 0.0833. The summed E-state index contributed by atoms with van der Waals surface area (Å²) in [6, 6.07) is 22.8. The Morgan fingerprint density at radius 2 is 1.50 bits per heavy atom. The molecule has 6 heteroatoms. The van der Waals surface area contributed by atoms with Gasteiger partial charge in [0.05, 0.1) is 11.1 Å². The number of benzene rings is 3. The van der Waals surface area contributed by atoms with Gasteiger partial charge in [-0.3, -0.25) is 9.59 Å². The predicted octanol–water partition coefficient (Wildman–Crippen LogP) is 6.05. The van der Waals surface area contributed by atoms with E-state index in [4.69, 9.17) is 23.2 Å². The first-order chi connectivity index (χ1) is 14.5. The van der Waals surface area contributed by atoms with Crippen LogP contribution in [-0.4, -0.2) is 11.7 Å². The van der Waals surface area contributed by atoms with Crippen molar-refractivity contribution < 1.29 is 9.59 Å². The lowest BCUT2D eigenvalue weighted by Gasteiger charge is -2.16. The van der Waals surface area contributed by atoms with E-state index in [1.807, 2.05) is 37.3 Å². The summed E-state index contributed by atoms with van der Waals surface area (Å²) in [6.45, 7) is 1.86. The molecule has 0 aliphatic heterocycles. The smallest absolute Gasteiger partial charge is 0.257 e. The SMILES string of the molecule is CC(NC(=O)/C(=C\Nc1ccc(Cl)cc1)C(=O)c1ccccc1Cl)c1ccccc1. The maximum Gasteiger partial charge on any atom is 0.257 e. The van der Waals surface area contributed by atoms with E-state index in [0.717, 1.165) is 5.56 Å². The fourth-order valence-electron chi connectivity index (χ4n) is 2.83. The third-order valence-corrected chi connectivity index (χ3v) is 5.06. The Balaban J connectivity index is 1.88. The van der Waals surface area contributed by atoms with Crippen LogP contribution in [0, 0.1) is 0 Å². The first kappa shape index (κ1) is 21.6. The topological polar surface area (TPSA) is 58.2 Å². The zero-order valence-corrected chi connectivity index (χ0v) is 17.7. The van der Waals surface area contributed by atoms with Gasteiger partial charge in [-0.15, -0.1) is 0 Å². The maximum atomic E-state index is 13.1. The number of ketones is 1. The van der Waals surface area contributed by atoms with Crippen LogP contribution in [-0.2, 0) is 4.79 Å². The van der Waals surface area contributed by atoms with Gasteiger partial charge in [-0.1, -0.05) is 65.7 Å². The Hall–Kier alpha value is -3.08. The van der Waals surface area contributed by atoms with E-state index in [1.165, 1.54) is 6.20 Å². The second kappa shape index (κ2) is 10.1. The molecule has 3 aromatic rings. The lowest BCUT2D eigenvalue weighted by molar-refractivity contribution is -0.117. The van der Waals surface area contributed by atoms with E-state index in [1.54, 1.807) is 48.5 Å². The molecule has 0 aliphatic rings. The largest absolute Gasteiger partial charge is 0.361 e. The van der Waals surface area contributed by atoms with Crippen LogP contribution in [0.15, 0.2) is 90.6 Å². The van der Waals surface area contributed by atoms with Gasteiger partial charge in [0.15, 0.2) is 0 Å². The summed E-state index contributed by atoms with van der Waals surface area (Å²) in [7, 11) is 0. The standard InChI is InChI=1S/C24H20Cl2N2O2/c1-16(17-7-3-2-4-8-17)28-24(30)21(15-27-19-13-11-18(25)12-14-19)23(29)20-9-5-6-10-22(20)26/h2-16,27H,1H3,(H,28,30)/b21-15-. The minimum atomic E-state index is -0.502. The Kier molecular flexibility index (Phi) is 7.28. The van der Waals surface area contributed by atoms with Crippen molar-refractivity contribution in [2.24, 2.45) is 0 Å². The van der Waals surface area contributed by atoms with Crippen molar-refractivity contribution in [3.8, 4) is 0 Å². The highest BCUT2D eigenvalue weighted by molar-refractivity contribution is 6.37. The molecular weight excluding hydrogens is 419 g/mol. The van der Waals surface area contributed by atoms with Crippen LogP contribution in [0.1, 0.15) is 28.9 Å². The molecule has 0 saturated carbocycles. The van der Waals surface area contributed by atoms with Gasteiger partial charge < -0.3 is 10.6 Å². The Morgan fingerprint density at radius 3 is 2.17 bits per heavy atom. The lowest BCUT2D eigenvalue weighted by atomic mass is 10.0. The van der Waals surface area contributed by atoms with Gasteiger partial charge in [0, 0.05) is 22.5 Å². The number of anilines is 1. The fourth-order valence-corrected chi connectivity index (χ4v) is 3.17. The third kappa shape index (κ3) is 5.50. The Labute approximate surface area is 185 Å². The highest BCUT2D eigenvalue weighted by atomic mass is 35.5. The average Bonchev–Trinajstić information content (AvgIpc) is 2.76. The second-order valence-corrected chi connectivity index (χ2v) is 7.47. The summed E-state index contributed by atoms with van der Waals surface area (Å²) in [5, 5.41) is 6.74. The van der Waals surface area contributed by atoms with Crippen LogP contribution in [0.3, 0.4) is 0 Å². The van der Waals surface area contributed by atoms with Crippen molar-refractivity contribution in [3.05, 3.63) is 112 Å². The molecule has 3 rings (SSSR count). The Morgan fingerprint density at radius 1 is 0.867 bits per heavy atom. The molecule has 0 aromatic heterocycles. The van der Waals surface area contributed by atoms with Gasteiger partial charge in [-0.05, 0) is 48.9 Å². The molecule has 0 fully saturated rings. The van der Waals surface area contributed by atoms with E-state index >= 15 is 0 Å². The molecule has 1 amide bonds. The quantitative estimate of drug-likeness (QED) is 0.204. The number of Topliss-reactive ketones (excluding diaryl/α,β-unsaturated/α-hetero) is 1. The van der Waals surface area contributed by atoms with E-state index in [0.29, 0.717) is 10.7 Å². The molecule has 152 valence electrons. The monoisotopic (exact) mass is 438 g/mol. The summed E-state index contributed by atoms with van der Waals surface area (Å²) >= 11 is 12.1. The molecule has 0 saturated heterocycles. The van der Waals surface area contributed by atoms with Gasteiger partial charge in [0.25, 0.3) is 5.91 Å². The zero-order valence-electron chi connectivity index (χ0n) is 16.2. The van der Waals surface area contributed by atoms with Gasteiger partial charge in [0.1, 0.15) is 5.57 Å². The van der Waals surface area contributed by atoms with Crippen LogP contribution in [0.25, 0.3) is 0 Å². The lowest BCUT2D eigenvalue weighted by Crippen LogP contribution is -2.31. The van der Waals surface area contributed by atoms with Gasteiger partial charge in [-0.2, -0.15) is 0 Å². The zero-order chi connectivity index (χ0) is 21.5. The minimum absolute atomic E-state index is 0.0548. The average molecular weight is 439 g/mol. The first-order valence-corrected chi connectivity index (χ1v) is 10.1. The minimum Gasteiger partial charge on any atom is -0.361 e. The molecule has 0 bridgehead atoms. The number of amides is 1. The van der Waals surface area contributed by atoms with Gasteiger partial charge in [-0.25, -0.2) is 0 Å². The molecule has 0 heterocycles. The molecular formula is C24H20Cl2N2O2. The van der Waals surface area contributed by atoms with Crippen LogP contribution in [0.2, 0.25) is 10.0 Å². The molecule has 1 atom stereocenters. The van der Waals surface area contributed by atoms with Crippen molar-refractivity contribution in [3.63, 3.8) is 0 Å². The molecule has 30 heavy (non-hydrogen) atoms. The van der Waals surface area contributed by atoms with Crippen molar-refractivity contribution >= 4 is 40.6 Å². The van der Waals surface area contributed by atoms with Gasteiger partial charge >= 0.3 is 0 Å². The number of halogens is 2. The van der Waals surface area contributed by atoms with Crippen LogP contribution < -0.4 is 10.6 Å². The first-order valence-electron chi connectivity index (χ1n) is 9.33. The summed E-state index contributed by atoms with van der Waals surface area (Å²) < 4.78 is 0. The summed E-state index contributed by atoms with van der Waals surface area (Å²) in [5.41, 5.74) is 1.82. The third-order valence-electron chi connectivity index (χ3n) is 4.48. The molecule has 0 radical (unpaired) electrons. The van der Waals surface area contributed by atoms with Crippen molar-refractivity contribution in [1.29, 1.82) is 0 Å². The maximum absolute atomic E-state index is 13.1. The highest BCUT2D eigenvalue weighted by Gasteiger charge is 2.23. The number of carbonyl (C=O) groups excluding carboxylic acids is 2. The summed E-state index contributed by atoms with van der Waals surface area (Å²) in [4.78, 5) is 26.1. The summed E-state index contributed by atoms with van der Waals surface area (Å²) in [6.07, 6.45) is 1.39. The Bertz CT molecular complexity index is 1060. The molecule has 0 spiro atoms. The van der Waals surface area contributed by atoms with Crippen molar-refractivity contribution in [2.75, 3.05) is 5.32 Å². The van der Waals surface area contributed by atoms with Gasteiger partial charge in [0.2, 0.25) is 5.78 Å². The van der Waals surface area contributed by atoms with E-state index < -0.39 is 11.7 Å². The van der Waals surface area contributed by atoms with E-state index in [-0.39, 0.29) is 22.2 Å². The normalized spacial score (nSPS) is 12.2. The van der Waals surface area contributed by atoms with Crippen LogP contribution in [0.5, 0.6) is 0 Å². The number of hydrogen-bond donors (Lipinski definition) is 2. The molecule has 1 unspecified atom stereocenters. The molecule has 2 N–H and O–H groups in total. The molecule has 4 nitrogen and oxygen atoms in total. The van der Waals surface area contributed by atoms with Crippen molar-refractivity contribution in [1.82, 2.24) is 5.32 Å². The predicted molar refractivity (Wildman–Crippen MR) is 122 cm³/mol. The number of carbonyl (C=O) groups is 2.